The number of aromatic nitrogens is 3. The van der Waals surface area contributed by atoms with Crippen molar-refractivity contribution < 1.29 is 4.52 Å². The average molecular weight is 272 g/mol. The topological polar surface area (TPSA) is 55.1 Å². The Kier molecular flexibility index (Phi) is 4.06. The van der Waals surface area contributed by atoms with Crippen molar-refractivity contribution in [3.8, 4) is 11.4 Å². The highest BCUT2D eigenvalue weighted by molar-refractivity contribution is 5.51. The Morgan fingerprint density at radius 3 is 3.20 bits per heavy atom. The van der Waals surface area contributed by atoms with E-state index in [2.05, 4.69) is 26.9 Å². The van der Waals surface area contributed by atoms with E-state index in [1.54, 1.807) is 12.4 Å². The lowest BCUT2D eigenvalue weighted by Crippen LogP contribution is -2.24. The van der Waals surface area contributed by atoms with Gasteiger partial charge in [0.25, 0.3) is 0 Å². The Morgan fingerprint density at radius 1 is 1.45 bits per heavy atom. The van der Waals surface area contributed by atoms with Gasteiger partial charge in [0.2, 0.25) is 11.7 Å². The van der Waals surface area contributed by atoms with Crippen molar-refractivity contribution in [3.05, 3.63) is 30.4 Å². The van der Waals surface area contributed by atoms with E-state index in [0.717, 1.165) is 31.0 Å². The highest BCUT2D eigenvalue weighted by atomic mass is 16.5. The van der Waals surface area contributed by atoms with Gasteiger partial charge in [0.05, 0.1) is 6.04 Å². The fourth-order valence-corrected chi connectivity index (χ4v) is 2.72. The molecule has 106 valence electrons. The monoisotopic (exact) mass is 272 g/mol. The maximum Gasteiger partial charge on any atom is 0.244 e. The second-order valence-electron chi connectivity index (χ2n) is 5.25. The van der Waals surface area contributed by atoms with Gasteiger partial charge in [-0.2, -0.15) is 4.98 Å². The molecule has 0 spiro atoms. The van der Waals surface area contributed by atoms with Crippen LogP contribution in [-0.4, -0.2) is 33.1 Å². The number of hydrogen-bond acceptors (Lipinski definition) is 5. The Morgan fingerprint density at radius 2 is 2.40 bits per heavy atom. The summed E-state index contributed by atoms with van der Waals surface area (Å²) in [6.07, 6.45) is 8.26. The lowest BCUT2D eigenvalue weighted by atomic mass is 10.2. The van der Waals surface area contributed by atoms with Crippen LogP contribution in [0.1, 0.15) is 44.5 Å². The van der Waals surface area contributed by atoms with Gasteiger partial charge < -0.3 is 4.52 Å². The molecule has 0 aromatic carbocycles. The summed E-state index contributed by atoms with van der Waals surface area (Å²) in [5.74, 6) is 1.38. The quantitative estimate of drug-likeness (QED) is 0.837. The molecule has 5 heteroatoms. The van der Waals surface area contributed by atoms with Crippen LogP contribution < -0.4 is 0 Å². The fourth-order valence-electron chi connectivity index (χ4n) is 2.72. The number of unbranched alkanes of at least 4 members (excludes halogenated alkanes) is 1. The van der Waals surface area contributed by atoms with Crippen molar-refractivity contribution in [2.45, 2.75) is 38.6 Å². The molecular weight excluding hydrogens is 252 g/mol. The molecule has 20 heavy (non-hydrogen) atoms. The van der Waals surface area contributed by atoms with Crippen molar-refractivity contribution in [2.24, 2.45) is 0 Å². The van der Waals surface area contributed by atoms with Crippen LogP contribution in [0.25, 0.3) is 11.4 Å². The first-order valence-electron chi connectivity index (χ1n) is 7.36. The first-order valence-corrected chi connectivity index (χ1v) is 7.36. The molecule has 0 N–H and O–H groups in total. The first kappa shape index (κ1) is 13.2. The summed E-state index contributed by atoms with van der Waals surface area (Å²) in [7, 11) is 0. The summed E-state index contributed by atoms with van der Waals surface area (Å²) in [5.41, 5.74) is 0.903. The maximum atomic E-state index is 5.48. The number of pyridine rings is 1. The number of likely N-dealkylation sites (tertiary alicyclic amines) is 1. The van der Waals surface area contributed by atoms with E-state index >= 15 is 0 Å². The van der Waals surface area contributed by atoms with E-state index in [9.17, 15) is 0 Å². The zero-order valence-corrected chi connectivity index (χ0v) is 11.8. The number of rotatable bonds is 5. The third-order valence-electron chi connectivity index (χ3n) is 3.81. The zero-order chi connectivity index (χ0) is 13.8. The van der Waals surface area contributed by atoms with E-state index in [0.29, 0.717) is 11.9 Å². The van der Waals surface area contributed by atoms with Gasteiger partial charge in [-0.1, -0.05) is 18.5 Å². The van der Waals surface area contributed by atoms with Crippen molar-refractivity contribution in [2.75, 3.05) is 13.1 Å². The molecule has 5 nitrogen and oxygen atoms in total. The van der Waals surface area contributed by atoms with Crippen LogP contribution in [0.15, 0.2) is 29.0 Å². The summed E-state index contributed by atoms with van der Waals surface area (Å²) >= 11 is 0. The minimum Gasteiger partial charge on any atom is -0.337 e. The Hall–Kier alpha value is -1.75. The molecule has 1 saturated heterocycles. The Bertz CT molecular complexity index is 540. The van der Waals surface area contributed by atoms with Gasteiger partial charge in [0.1, 0.15) is 0 Å². The maximum absolute atomic E-state index is 5.48. The summed E-state index contributed by atoms with van der Waals surface area (Å²) in [5, 5.41) is 4.09. The molecular formula is C15H20N4O. The highest BCUT2D eigenvalue weighted by Crippen LogP contribution is 2.31. The average Bonchev–Trinajstić information content (AvgIpc) is 3.14. The van der Waals surface area contributed by atoms with E-state index < -0.39 is 0 Å². The van der Waals surface area contributed by atoms with Crippen LogP contribution in [0.2, 0.25) is 0 Å². The van der Waals surface area contributed by atoms with Crippen LogP contribution in [0.5, 0.6) is 0 Å². The third kappa shape index (κ3) is 2.72. The van der Waals surface area contributed by atoms with E-state index in [1.807, 2.05) is 12.1 Å². The number of nitrogens with zero attached hydrogens (tertiary/aromatic N) is 4. The summed E-state index contributed by atoms with van der Waals surface area (Å²) in [6, 6.07) is 4.12. The van der Waals surface area contributed by atoms with Gasteiger partial charge in [-0.15, -0.1) is 0 Å². The summed E-state index contributed by atoms with van der Waals surface area (Å²) in [6.45, 7) is 4.47. The smallest absolute Gasteiger partial charge is 0.244 e. The lowest BCUT2D eigenvalue weighted by molar-refractivity contribution is 0.206. The Balaban J connectivity index is 1.76. The molecule has 0 radical (unpaired) electrons. The first-order chi connectivity index (χ1) is 9.88. The van der Waals surface area contributed by atoms with Gasteiger partial charge in [-0.25, -0.2) is 0 Å². The molecule has 1 aliphatic rings. The lowest BCUT2D eigenvalue weighted by Gasteiger charge is -2.20. The fraction of sp³-hybridized carbons (Fsp3) is 0.533. The van der Waals surface area contributed by atoms with Crippen LogP contribution in [-0.2, 0) is 0 Å². The molecule has 0 aliphatic carbocycles. The van der Waals surface area contributed by atoms with Gasteiger partial charge in [0, 0.05) is 18.0 Å². The van der Waals surface area contributed by atoms with Crippen LogP contribution >= 0.6 is 0 Å². The van der Waals surface area contributed by atoms with Crippen molar-refractivity contribution in [1.82, 2.24) is 20.0 Å². The minimum atomic E-state index is 0.291. The Labute approximate surface area is 119 Å². The molecule has 1 fully saturated rings. The second-order valence-corrected chi connectivity index (χ2v) is 5.25. The summed E-state index contributed by atoms with van der Waals surface area (Å²) < 4.78 is 5.48. The molecule has 1 atom stereocenters. The molecule has 0 unspecified atom stereocenters. The molecule has 0 bridgehead atoms. The molecule has 2 aromatic rings. The largest absolute Gasteiger partial charge is 0.337 e. The molecule has 0 saturated carbocycles. The van der Waals surface area contributed by atoms with E-state index in [4.69, 9.17) is 4.52 Å². The SMILES string of the molecule is CCCCN1CCC[C@H]1c1nc(-c2cccnc2)no1. The number of hydrogen-bond donors (Lipinski definition) is 0. The molecule has 3 heterocycles. The van der Waals surface area contributed by atoms with Crippen molar-refractivity contribution >= 4 is 0 Å². The van der Waals surface area contributed by atoms with Crippen LogP contribution in [0, 0.1) is 0 Å². The molecule has 3 rings (SSSR count). The molecule has 0 amide bonds. The highest BCUT2D eigenvalue weighted by Gasteiger charge is 2.30. The van der Waals surface area contributed by atoms with Gasteiger partial charge in [0.15, 0.2) is 0 Å². The molecule has 2 aromatic heterocycles. The van der Waals surface area contributed by atoms with Gasteiger partial charge >= 0.3 is 0 Å². The van der Waals surface area contributed by atoms with Crippen molar-refractivity contribution in [1.29, 1.82) is 0 Å². The zero-order valence-electron chi connectivity index (χ0n) is 11.8. The molecule has 1 aliphatic heterocycles. The van der Waals surface area contributed by atoms with Gasteiger partial charge in [-0.05, 0) is 44.5 Å². The standard InChI is InChI=1S/C15H20N4O/c1-2-3-9-19-10-5-7-13(19)15-17-14(18-20-15)12-6-4-8-16-11-12/h4,6,8,11,13H,2-3,5,7,9-10H2,1H3/t13-/m0/s1. The van der Waals surface area contributed by atoms with E-state index in [1.165, 1.54) is 19.3 Å². The second kappa shape index (κ2) is 6.13. The van der Waals surface area contributed by atoms with Crippen LogP contribution in [0.4, 0.5) is 0 Å². The van der Waals surface area contributed by atoms with Gasteiger partial charge in [-0.3, -0.25) is 9.88 Å². The normalized spacial score (nSPS) is 19.6. The predicted molar refractivity (Wildman–Crippen MR) is 76.0 cm³/mol. The third-order valence-corrected chi connectivity index (χ3v) is 3.81. The minimum absolute atomic E-state index is 0.291. The van der Waals surface area contributed by atoms with Crippen LogP contribution in [0.3, 0.4) is 0 Å². The van der Waals surface area contributed by atoms with E-state index in [-0.39, 0.29) is 0 Å². The summed E-state index contributed by atoms with van der Waals surface area (Å²) in [4.78, 5) is 11.1. The van der Waals surface area contributed by atoms with Crippen molar-refractivity contribution in [3.63, 3.8) is 0 Å². The predicted octanol–water partition coefficient (Wildman–Crippen LogP) is 3.07.